The zero-order chi connectivity index (χ0) is 15.9. The van der Waals surface area contributed by atoms with Gasteiger partial charge in [0.2, 0.25) is 0 Å². The Morgan fingerprint density at radius 3 is 2.82 bits per heavy atom. The van der Waals surface area contributed by atoms with E-state index >= 15 is 0 Å². The van der Waals surface area contributed by atoms with Gasteiger partial charge < -0.3 is 9.67 Å². The monoisotopic (exact) mass is 294 g/mol. The molecule has 0 radical (unpaired) electrons. The number of benzene rings is 1. The Morgan fingerprint density at radius 1 is 1.32 bits per heavy atom. The molecule has 2 rings (SSSR count). The first-order chi connectivity index (χ1) is 10.7. The maximum atomic E-state index is 9.82. The Hall–Kier alpha value is -2.55. The number of phenols is 1. The van der Waals surface area contributed by atoms with Gasteiger partial charge in [0.15, 0.2) is 0 Å². The van der Waals surface area contributed by atoms with E-state index in [1.165, 1.54) is 0 Å². The van der Waals surface area contributed by atoms with E-state index in [-0.39, 0.29) is 5.75 Å². The van der Waals surface area contributed by atoms with Crippen molar-refractivity contribution >= 4 is 10.9 Å². The van der Waals surface area contributed by atoms with Crippen molar-refractivity contribution in [2.24, 2.45) is 4.99 Å². The topological polar surface area (TPSA) is 37.5 Å². The highest BCUT2D eigenvalue weighted by atomic mass is 16.3. The molecule has 0 aliphatic heterocycles. The van der Waals surface area contributed by atoms with E-state index < -0.39 is 0 Å². The molecule has 0 saturated carbocycles. The molecule has 3 nitrogen and oxygen atoms in total. The highest BCUT2D eigenvalue weighted by Gasteiger charge is 2.04. The maximum Gasteiger partial charge on any atom is 0.117 e. The summed E-state index contributed by atoms with van der Waals surface area (Å²) in [6.07, 6.45) is 8.51. The van der Waals surface area contributed by atoms with Gasteiger partial charge in [0.1, 0.15) is 5.75 Å². The summed E-state index contributed by atoms with van der Waals surface area (Å²) in [4.78, 5) is 4.61. The van der Waals surface area contributed by atoms with Crippen LogP contribution < -0.4 is 5.36 Å². The summed E-state index contributed by atoms with van der Waals surface area (Å²) in [5.74, 6) is 0.252. The van der Waals surface area contributed by atoms with Crippen LogP contribution in [0.3, 0.4) is 0 Å². The fourth-order valence-electron chi connectivity index (χ4n) is 2.35. The summed E-state index contributed by atoms with van der Waals surface area (Å²) >= 11 is 0. The molecule has 1 aromatic heterocycles. The van der Waals surface area contributed by atoms with Crippen molar-refractivity contribution in [3.8, 4) is 5.75 Å². The van der Waals surface area contributed by atoms with Crippen LogP contribution in [0.2, 0.25) is 0 Å². The molecule has 0 saturated heterocycles. The van der Waals surface area contributed by atoms with Gasteiger partial charge in [0, 0.05) is 30.7 Å². The Bertz CT molecular complexity index is 782. The average molecular weight is 294 g/mol. The minimum absolute atomic E-state index is 0.252. The molecule has 0 spiro atoms. The van der Waals surface area contributed by atoms with Crippen molar-refractivity contribution in [3.63, 3.8) is 0 Å². The van der Waals surface area contributed by atoms with E-state index in [0.29, 0.717) is 6.54 Å². The van der Waals surface area contributed by atoms with Crippen molar-refractivity contribution in [2.75, 3.05) is 6.54 Å². The van der Waals surface area contributed by atoms with Crippen molar-refractivity contribution in [2.45, 2.75) is 19.9 Å². The van der Waals surface area contributed by atoms with Crippen LogP contribution in [0.4, 0.5) is 0 Å². The van der Waals surface area contributed by atoms with Crippen molar-refractivity contribution in [1.82, 2.24) is 4.57 Å². The second-order valence-electron chi connectivity index (χ2n) is 5.09. The summed E-state index contributed by atoms with van der Waals surface area (Å²) < 4.78 is 2.08. The van der Waals surface area contributed by atoms with E-state index in [9.17, 15) is 5.11 Å². The zero-order valence-electron chi connectivity index (χ0n) is 13.0. The van der Waals surface area contributed by atoms with Crippen LogP contribution in [0.1, 0.15) is 13.3 Å². The molecule has 0 atom stereocenters. The molecular weight excluding hydrogens is 272 g/mol. The number of rotatable bonds is 6. The predicted molar refractivity (Wildman–Crippen MR) is 92.8 cm³/mol. The third-order valence-corrected chi connectivity index (χ3v) is 3.43. The van der Waals surface area contributed by atoms with Crippen molar-refractivity contribution < 1.29 is 5.11 Å². The molecule has 3 heteroatoms. The van der Waals surface area contributed by atoms with Crippen LogP contribution in [-0.4, -0.2) is 16.2 Å². The molecule has 114 valence electrons. The van der Waals surface area contributed by atoms with Crippen LogP contribution in [0.5, 0.6) is 5.75 Å². The van der Waals surface area contributed by atoms with Crippen molar-refractivity contribution in [3.05, 3.63) is 72.8 Å². The standard InChI is InChI=1S/C19H22N2O/c1-4-7-15(6-3)14-21-12-10-18(20-11-5-2)17-9-8-16(22)13-19(17)21/h4,6-10,12-13,22H,1,3,5,11,14H2,2H3/b15-7+,20-18?. The van der Waals surface area contributed by atoms with Gasteiger partial charge in [0.25, 0.3) is 0 Å². The third-order valence-electron chi connectivity index (χ3n) is 3.43. The Morgan fingerprint density at radius 2 is 2.14 bits per heavy atom. The van der Waals surface area contributed by atoms with Gasteiger partial charge in [-0.2, -0.15) is 0 Å². The largest absolute Gasteiger partial charge is 0.508 e. The molecule has 1 heterocycles. The van der Waals surface area contributed by atoms with E-state index in [1.807, 2.05) is 30.5 Å². The zero-order valence-corrected chi connectivity index (χ0v) is 13.0. The SMILES string of the molecule is C=C/C=C(\C=C)Cn1ccc(=NCCC)c2ccc(O)cc21. The van der Waals surface area contributed by atoms with E-state index in [1.54, 1.807) is 18.2 Å². The molecule has 0 bridgehead atoms. The van der Waals surface area contributed by atoms with E-state index in [0.717, 1.165) is 34.8 Å². The number of fused-ring (bicyclic) bond motifs is 1. The van der Waals surface area contributed by atoms with Crippen LogP contribution in [-0.2, 0) is 6.54 Å². The first-order valence-electron chi connectivity index (χ1n) is 7.46. The van der Waals surface area contributed by atoms with Gasteiger partial charge in [-0.05, 0) is 30.2 Å². The minimum atomic E-state index is 0.252. The first kappa shape index (κ1) is 15.8. The number of aromatic hydroxyl groups is 1. The van der Waals surface area contributed by atoms with Gasteiger partial charge in [-0.1, -0.05) is 38.3 Å². The number of phenolic OH excluding ortho intramolecular Hbond substituents is 1. The van der Waals surface area contributed by atoms with Crippen LogP contribution >= 0.6 is 0 Å². The molecule has 0 amide bonds. The maximum absolute atomic E-state index is 9.82. The highest BCUT2D eigenvalue weighted by Crippen LogP contribution is 2.18. The normalized spacial score (nSPS) is 12.6. The molecule has 1 N–H and O–H groups in total. The number of hydrogen-bond acceptors (Lipinski definition) is 2. The van der Waals surface area contributed by atoms with Gasteiger partial charge in [0.05, 0.1) is 10.9 Å². The number of pyridine rings is 1. The van der Waals surface area contributed by atoms with Crippen molar-refractivity contribution in [1.29, 1.82) is 0 Å². The fraction of sp³-hybridized carbons (Fsp3) is 0.211. The molecule has 0 aliphatic rings. The lowest BCUT2D eigenvalue weighted by molar-refractivity contribution is 0.476. The van der Waals surface area contributed by atoms with E-state index in [2.05, 4.69) is 29.6 Å². The van der Waals surface area contributed by atoms with Crippen LogP contribution in [0, 0.1) is 0 Å². The number of nitrogens with zero attached hydrogens (tertiary/aromatic N) is 2. The average Bonchev–Trinajstić information content (AvgIpc) is 2.53. The minimum Gasteiger partial charge on any atom is -0.508 e. The quantitative estimate of drug-likeness (QED) is 0.805. The summed E-state index contributed by atoms with van der Waals surface area (Å²) in [5, 5.41) is 11.8. The Kier molecular flexibility index (Phi) is 5.37. The Labute approximate surface area is 131 Å². The summed E-state index contributed by atoms with van der Waals surface area (Å²) in [5.41, 5.74) is 2.01. The smallest absolute Gasteiger partial charge is 0.117 e. The van der Waals surface area contributed by atoms with E-state index in [4.69, 9.17) is 0 Å². The number of allylic oxidation sites excluding steroid dienone is 4. The summed E-state index contributed by atoms with van der Waals surface area (Å²) in [7, 11) is 0. The van der Waals surface area contributed by atoms with Gasteiger partial charge in [-0.3, -0.25) is 4.99 Å². The lowest BCUT2D eigenvalue weighted by atomic mass is 10.1. The first-order valence-corrected chi connectivity index (χ1v) is 7.46. The number of aromatic nitrogens is 1. The molecule has 22 heavy (non-hydrogen) atoms. The summed E-state index contributed by atoms with van der Waals surface area (Å²) in [6.45, 7) is 11.1. The predicted octanol–water partition coefficient (Wildman–Crippen LogP) is 3.96. The van der Waals surface area contributed by atoms with Gasteiger partial charge in [-0.15, -0.1) is 0 Å². The Balaban J connectivity index is 2.61. The molecule has 2 aromatic rings. The second kappa shape index (κ2) is 7.46. The molecule has 0 aliphatic carbocycles. The van der Waals surface area contributed by atoms with Gasteiger partial charge >= 0.3 is 0 Å². The third kappa shape index (κ3) is 3.55. The highest BCUT2D eigenvalue weighted by molar-refractivity contribution is 5.80. The lowest BCUT2D eigenvalue weighted by Crippen LogP contribution is -2.11. The fourth-order valence-corrected chi connectivity index (χ4v) is 2.35. The second-order valence-corrected chi connectivity index (χ2v) is 5.09. The number of hydrogen-bond donors (Lipinski definition) is 1. The molecule has 0 fully saturated rings. The van der Waals surface area contributed by atoms with Gasteiger partial charge in [-0.25, -0.2) is 0 Å². The molecule has 0 unspecified atom stereocenters. The van der Waals surface area contributed by atoms with Crippen LogP contribution in [0.15, 0.2) is 72.4 Å². The molecule has 1 aromatic carbocycles. The molecular formula is C19H22N2O. The van der Waals surface area contributed by atoms with Crippen LogP contribution in [0.25, 0.3) is 10.9 Å². The summed E-state index contributed by atoms with van der Waals surface area (Å²) in [6, 6.07) is 7.41. The lowest BCUT2D eigenvalue weighted by Gasteiger charge is -2.12.